The Kier molecular flexibility index (Phi) is 3.41. The molecule has 2 aromatic rings. The second-order valence-corrected chi connectivity index (χ2v) is 4.04. The summed E-state index contributed by atoms with van der Waals surface area (Å²) in [6.45, 7) is 0.373. The van der Waals surface area contributed by atoms with E-state index in [0.717, 1.165) is 18.0 Å². The fraction of sp³-hybridized carbons (Fsp3) is 0.364. The van der Waals surface area contributed by atoms with Crippen molar-refractivity contribution in [2.45, 2.75) is 12.7 Å². The molecular formula is C11H12F3N5. The Labute approximate surface area is 107 Å². The molecule has 0 fully saturated rings. The van der Waals surface area contributed by atoms with Crippen LogP contribution in [-0.4, -0.2) is 26.8 Å². The molecule has 0 N–H and O–H groups in total. The van der Waals surface area contributed by atoms with Gasteiger partial charge < -0.3 is 4.90 Å². The summed E-state index contributed by atoms with van der Waals surface area (Å²) in [5.74, 6) is 0.0241. The molecule has 0 saturated carbocycles. The SMILES string of the molecule is CN(Cc1ccnn1C)c1nccc(C(F)(F)F)n1. The lowest BCUT2D eigenvalue weighted by atomic mass is 10.4. The third-order valence-corrected chi connectivity index (χ3v) is 2.60. The van der Waals surface area contributed by atoms with Gasteiger partial charge in [-0.05, 0) is 12.1 Å². The first-order valence-electron chi connectivity index (χ1n) is 5.46. The summed E-state index contributed by atoms with van der Waals surface area (Å²) in [5.41, 5.74) is -0.0992. The van der Waals surface area contributed by atoms with E-state index >= 15 is 0 Å². The van der Waals surface area contributed by atoms with Crippen LogP contribution in [0.4, 0.5) is 19.1 Å². The van der Waals surface area contributed by atoms with Crippen LogP contribution >= 0.6 is 0 Å². The first-order valence-corrected chi connectivity index (χ1v) is 5.46. The van der Waals surface area contributed by atoms with Crippen molar-refractivity contribution >= 4 is 5.95 Å². The van der Waals surface area contributed by atoms with Crippen LogP contribution in [0.5, 0.6) is 0 Å². The van der Waals surface area contributed by atoms with Crippen LogP contribution in [-0.2, 0) is 19.8 Å². The standard InChI is InChI=1S/C11H12F3N5/c1-18(7-8-3-6-16-19(8)2)10-15-5-4-9(17-10)11(12,13)14/h3-6H,7H2,1-2H3. The average molecular weight is 271 g/mol. The maximum atomic E-state index is 12.5. The summed E-state index contributed by atoms with van der Waals surface area (Å²) < 4.78 is 39.3. The molecular weight excluding hydrogens is 259 g/mol. The van der Waals surface area contributed by atoms with Crippen LogP contribution < -0.4 is 4.90 Å². The number of rotatable bonds is 3. The van der Waals surface area contributed by atoms with Crippen molar-refractivity contribution in [2.75, 3.05) is 11.9 Å². The number of anilines is 1. The van der Waals surface area contributed by atoms with Gasteiger partial charge in [-0.2, -0.15) is 18.3 Å². The van der Waals surface area contributed by atoms with Gasteiger partial charge in [-0.3, -0.25) is 4.68 Å². The number of nitrogens with zero attached hydrogens (tertiary/aromatic N) is 5. The van der Waals surface area contributed by atoms with Crippen molar-refractivity contribution in [3.8, 4) is 0 Å². The second kappa shape index (κ2) is 4.87. The molecule has 0 atom stereocenters. The largest absolute Gasteiger partial charge is 0.433 e. The van der Waals surface area contributed by atoms with Crippen molar-refractivity contribution in [2.24, 2.45) is 7.05 Å². The van der Waals surface area contributed by atoms with Crippen LogP contribution in [0.25, 0.3) is 0 Å². The Balaban J connectivity index is 2.20. The highest BCUT2D eigenvalue weighted by Crippen LogP contribution is 2.28. The van der Waals surface area contributed by atoms with Gasteiger partial charge in [0, 0.05) is 26.5 Å². The predicted molar refractivity (Wildman–Crippen MR) is 62.3 cm³/mol. The Morgan fingerprint density at radius 2 is 2.00 bits per heavy atom. The third kappa shape index (κ3) is 3.01. The van der Waals surface area contributed by atoms with Crippen LogP contribution in [0.3, 0.4) is 0 Å². The van der Waals surface area contributed by atoms with Gasteiger partial charge in [0.05, 0.1) is 12.2 Å². The van der Waals surface area contributed by atoms with Crippen molar-refractivity contribution in [1.82, 2.24) is 19.7 Å². The summed E-state index contributed by atoms with van der Waals surface area (Å²) in [6.07, 6.45) is -1.74. The van der Waals surface area contributed by atoms with Gasteiger partial charge in [-0.1, -0.05) is 0 Å². The molecule has 5 nitrogen and oxygen atoms in total. The molecule has 2 heterocycles. The lowest BCUT2D eigenvalue weighted by Gasteiger charge is -2.17. The lowest BCUT2D eigenvalue weighted by molar-refractivity contribution is -0.141. The first kappa shape index (κ1) is 13.3. The minimum Gasteiger partial charge on any atom is -0.338 e. The fourth-order valence-electron chi connectivity index (χ4n) is 1.56. The molecule has 2 rings (SSSR count). The van der Waals surface area contributed by atoms with Gasteiger partial charge in [-0.15, -0.1) is 0 Å². The molecule has 0 aliphatic rings. The molecule has 2 aromatic heterocycles. The molecule has 0 aliphatic carbocycles. The Morgan fingerprint density at radius 1 is 1.26 bits per heavy atom. The minimum atomic E-state index is -4.47. The summed E-state index contributed by atoms with van der Waals surface area (Å²) in [6, 6.07) is 2.63. The summed E-state index contributed by atoms with van der Waals surface area (Å²) in [7, 11) is 3.39. The van der Waals surface area contributed by atoms with Gasteiger partial charge in [0.1, 0.15) is 5.69 Å². The van der Waals surface area contributed by atoms with Gasteiger partial charge in [0.2, 0.25) is 5.95 Å². The van der Waals surface area contributed by atoms with Crippen LogP contribution in [0.1, 0.15) is 11.4 Å². The highest BCUT2D eigenvalue weighted by atomic mass is 19.4. The maximum Gasteiger partial charge on any atom is 0.433 e. The number of aromatic nitrogens is 4. The van der Waals surface area contributed by atoms with Gasteiger partial charge >= 0.3 is 6.18 Å². The van der Waals surface area contributed by atoms with E-state index in [0.29, 0.717) is 6.54 Å². The molecule has 19 heavy (non-hydrogen) atoms. The molecule has 0 aromatic carbocycles. The zero-order valence-corrected chi connectivity index (χ0v) is 10.4. The maximum absolute atomic E-state index is 12.5. The molecule has 0 unspecified atom stereocenters. The number of hydrogen-bond donors (Lipinski definition) is 0. The Bertz CT molecular complexity index is 563. The van der Waals surface area contributed by atoms with Crippen LogP contribution in [0, 0.1) is 0 Å². The van der Waals surface area contributed by atoms with E-state index in [4.69, 9.17) is 0 Å². The van der Waals surface area contributed by atoms with E-state index in [1.807, 2.05) is 0 Å². The Morgan fingerprint density at radius 3 is 2.58 bits per heavy atom. The average Bonchev–Trinajstić information content (AvgIpc) is 2.74. The molecule has 0 aliphatic heterocycles. The zero-order valence-electron chi connectivity index (χ0n) is 10.4. The minimum absolute atomic E-state index is 0.0241. The van der Waals surface area contributed by atoms with E-state index in [1.165, 1.54) is 4.90 Å². The van der Waals surface area contributed by atoms with Gasteiger partial charge in [0.25, 0.3) is 0 Å². The van der Waals surface area contributed by atoms with E-state index in [2.05, 4.69) is 15.1 Å². The number of hydrogen-bond acceptors (Lipinski definition) is 4. The zero-order chi connectivity index (χ0) is 14.0. The molecule has 0 amide bonds. The van der Waals surface area contributed by atoms with Crippen molar-refractivity contribution in [3.63, 3.8) is 0 Å². The smallest absolute Gasteiger partial charge is 0.338 e. The van der Waals surface area contributed by atoms with E-state index in [-0.39, 0.29) is 5.95 Å². The normalized spacial score (nSPS) is 11.6. The quantitative estimate of drug-likeness (QED) is 0.855. The molecule has 0 saturated heterocycles. The van der Waals surface area contributed by atoms with E-state index in [9.17, 15) is 13.2 Å². The van der Waals surface area contributed by atoms with E-state index in [1.54, 1.807) is 31.0 Å². The van der Waals surface area contributed by atoms with Crippen molar-refractivity contribution < 1.29 is 13.2 Å². The van der Waals surface area contributed by atoms with Crippen LogP contribution in [0.15, 0.2) is 24.5 Å². The van der Waals surface area contributed by atoms with Crippen molar-refractivity contribution in [1.29, 1.82) is 0 Å². The Hall–Kier alpha value is -2.12. The molecule has 0 spiro atoms. The third-order valence-electron chi connectivity index (χ3n) is 2.60. The summed E-state index contributed by atoms with van der Waals surface area (Å²) >= 11 is 0. The molecule has 8 heteroatoms. The fourth-order valence-corrected chi connectivity index (χ4v) is 1.56. The monoisotopic (exact) mass is 271 g/mol. The molecule has 102 valence electrons. The van der Waals surface area contributed by atoms with E-state index < -0.39 is 11.9 Å². The summed E-state index contributed by atoms with van der Waals surface area (Å²) in [5, 5.41) is 3.99. The van der Waals surface area contributed by atoms with Crippen LogP contribution in [0.2, 0.25) is 0 Å². The summed E-state index contributed by atoms with van der Waals surface area (Å²) in [4.78, 5) is 8.90. The number of halogens is 3. The second-order valence-electron chi connectivity index (χ2n) is 4.04. The molecule has 0 bridgehead atoms. The lowest BCUT2D eigenvalue weighted by Crippen LogP contribution is -2.22. The predicted octanol–water partition coefficient (Wildman–Crippen LogP) is 1.87. The number of alkyl halides is 3. The topological polar surface area (TPSA) is 46.8 Å². The number of aryl methyl sites for hydroxylation is 1. The van der Waals surface area contributed by atoms with Crippen molar-refractivity contribution in [3.05, 3.63) is 35.9 Å². The highest BCUT2D eigenvalue weighted by molar-refractivity contribution is 5.30. The first-order chi connectivity index (χ1) is 8.88. The van der Waals surface area contributed by atoms with Gasteiger partial charge in [0.15, 0.2) is 0 Å². The molecule has 0 radical (unpaired) electrons. The van der Waals surface area contributed by atoms with Gasteiger partial charge in [-0.25, -0.2) is 9.97 Å². The highest BCUT2D eigenvalue weighted by Gasteiger charge is 2.33.